The maximum Gasteiger partial charge on any atom is 0.433 e. The van der Waals surface area contributed by atoms with Gasteiger partial charge in [-0.05, 0) is 59.4 Å². The summed E-state index contributed by atoms with van der Waals surface area (Å²) in [4.78, 5) is 35.1. The third-order valence-electron chi connectivity index (χ3n) is 4.33. The molecule has 0 bridgehead atoms. The number of hydrazine groups is 1. The van der Waals surface area contributed by atoms with Crippen molar-refractivity contribution in [1.29, 1.82) is 0 Å². The molecule has 0 radical (unpaired) electrons. The monoisotopic (exact) mass is 516 g/mol. The van der Waals surface area contributed by atoms with Gasteiger partial charge in [-0.15, -0.1) is 5.10 Å². The van der Waals surface area contributed by atoms with E-state index in [1.807, 2.05) is 6.92 Å². The van der Waals surface area contributed by atoms with Gasteiger partial charge in [0.25, 0.3) is 11.8 Å². The number of hydrogen-bond donors (Lipinski definition) is 2. The molecule has 0 atom stereocenters. The molecule has 1 saturated heterocycles. The van der Waals surface area contributed by atoms with Gasteiger partial charge in [-0.2, -0.15) is 5.01 Å². The van der Waals surface area contributed by atoms with Crippen LogP contribution >= 0.6 is 36.2 Å². The number of furan rings is 1. The summed E-state index contributed by atoms with van der Waals surface area (Å²) in [5, 5.41) is 25.3. The molecule has 1 fully saturated rings. The number of anilines is 1. The number of tetrazole rings is 1. The van der Waals surface area contributed by atoms with Crippen LogP contribution in [0.4, 0.5) is 11.6 Å². The number of carbonyl (C=O) groups is 2. The largest absolute Gasteiger partial charge is 0.433 e. The molecule has 13 nitrogen and oxygen atoms in total. The van der Waals surface area contributed by atoms with E-state index in [0.29, 0.717) is 5.69 Å². The summed E-state index contributed by atoms with van der Waals surface area (Å²) >= 11 is 11.2. The number of nitro groups is 1. The summed E-state index contributed by atoms with van der Waals surface area (Å²) in [7, 11) is 0. The van der Waals surface area contributed by atoms with Crippen molar-refractivity contribution in [2.75, 3.05) is 5.32 Å². The van der Waals surface area contributed by atoms with Gasteiger partial charge in [0.1, 0.15) is 17.0 Å². The van der Waals surface area contributed by atoms with Gasteiger partial charge in [0.05, 0.1) is 16.7 Å². The molecule has 0 saturated carbocycles. The number of nitrogens with one attached hydrogen (secondary N) is 2. The third-order valence-corrected chi connectivity index (χ3v) is 5.91. The van der Waals surface area contributed by atoms with Crippen molar-refractivity contribution >= 4 is 75.0 Å². The van der Waals surface area contributed by atoms with E-state index in [2.05, 4.69) is 26.3 Å². The maximum absolute atomic E-state index is 12.7. The van der Waals surface area contributed by atoms with Gasteiger partial charge in [0.15, 0.2) is 9.31 Å². The van der Waals surface area contributed by atoms with Crippen LogP contribution in [0.1, 0.15) is 11.3 Å². The molecule has 3 heterocycles. The fourth-order valence-corrected chi connectivity index (χ4v) is 4.12. The predicted molar refractivity (Wildman–Crippen MR) is 129 cm³/mol. The third kappa shape index (κ3) is 4.82. The molecule has 1 aliphatic rings. The Morgan fingerprint density at radius 3 is 2.76 bits per heavy atom. The molecular formula is C18H12N8O5S3. The van der Waals surface area contributed by atoms with E-state index in [9.17, 15) is 19.7 Å². The molecule has 2 aromatic heterocycles. The number of nitrogens with zero attached hydrogens (tertiary/aromatic N) is 6. The fourth-order valence-electron chi connectivity index (χ4n) is 2.81. The Kier molecular flexibility index (Phi) is 6.44. The summed E-state index contributed by atoms with van der Waals surface area (Å²) < 4.78 is 6.60. The first-order chi connectivity index (χ1) is 16.2. The van der Waals surface area contributed by atoms with Gasteiger partial charge >= 0.3 is 5.88 Å². The Labute approximate surface area is 205 Å². The molecule has 0 spiro atoms. The Balaban J connectivity index is 1.41. The van der Waals surface area contributed by atoms with E-state index in [0.717, 1.165) is 28.0 Å². The first kappa shape index (κ1) is 23.1. The van der Waals surface area contributed by atoms with E-state index >= 15 is 0 Å². The standard InChI is InChI=1S/C18H12N8O5S3/c1-9-6-10(2-4-12(9)24-8-19-22-23-24)20-15(27)16(32)21-25-17(28)13(34-18(25)33)7-11-3-5-14(31-11)26(29)30/h2-8H,1H3,(H,20,27)(H,21,32)/b13-7+. The van der Waals surface area contributed by atoms with Crippen molar-refractivity contribution in [1.82, 2.24) is 30.6 Å². The Hall–Kier alpha value is -4.02. The van der Waals surface area contributed by atoms with E-state index in [-0.39, 0.29) is 20.0 Å². The van der Waals surface area contributed by atoms with E-state index in [1.165, 1.54) is 29.2 Å². The van der Waals surface area contributed by atoms with Crippen LogP contribution in [-0.4, -0.2) is 51.3 Å². The van der Waals surface area contributed by atoms with Crippen LogP contribution in [0.3, 0.4) is 0 Å². The van der Waals surface area contributed by atoms with Crippen molar-refractivity contribution in [3.05, 3.63) is 63.0 Å². The summed E-state index contributed by atoms with van der Waals surface area (Å²) in [5.41, 5.74) is 4.51. The first-order valence-corrected chi connectivity index (χ1v) is 10.8. The lowest BCUT2D eigenvalue weighted by Crippen LogP contribution is -2.48. The molecular weight excluding hydrogens is 504 g/mol. The fraction of sp³-hybridized carbons (Fsp3) is 0.0556. The van der Waals surface area contributed by atoms with Gasteiger partial charge in [-0.3, -0.25) is 25.1 Å². The average Bonchev–Trinajstić information content (AvgIpc) is 3.53. The number of thioether (sulfide) groups is 1. The Morgan fingerprint density at radius 1 is 1.32 bits per heavy atom. The zero-order valence-corrected chi connectivity index (χ0v) is 19.4. The molecule has 2 N–H and O–H groups in total. The number of aromatic nitrogens is 4. The van der Waals surface area contributed by atoms with Crippen molar-refractivity contribution in [3.63, 3.8) is 0 Å². The molecule has 172 valence electrons. The quantitative estimate of drug-likeness (QED) is 0.220. The highest BCUT2D eigenvalue weighted by molar-refractivity contribution is 8.26. The predicted octanol–water partition coefficient (Wildman–Crippen LogP) is 2.14. The molecule has 1 aliphatic heterocycles. The maximum atomic E-state index is 12.7. The van der Waals surface area contributed by atoms with Crippen molar-refractivity contribution < 1.29 is 18.9 Å². The van der Waals surface area contributed by atoms with E-state index < -0.39 is 22.6 Å². The number of rotatable bonds is 5. The van der Waals surface area contributed by atoms with Gasteiger partial charge < -0.3 is 9.73 Å². The number of carbonyl (C=O) groups excluding carboxylic acids is 2. The molecule has 2 amide bonds. The summed E-state index contributed by atoms with van der Waals surface area (Å²) in [6, 6.07) is 7.60. The second-order valence-corrected chi connectivity index (χ2v) is 8.68. The Bertz CT molecular complexity index is 1370. The van der Waals surface area contributed by atoms with Crippen LogP contribution in [0.2, 0.25) is 0 Å². The highest BCUT2D eigenvalue weighted by Gasteiger charge is 2.34. The molecule has 16 heteroatoms. The van der Waals surface area contributed by atoms with Gasteiger partial charge in [-0.1, -0.05) is 24.0 Å². The average molecular weight is 517 g/mol. The first-order valence-electron chi connectivity index (χ1n) is 9.21. The zero-order valence-electron chi connectivity index (χ0n) is 17.0. The normalized spacial score (nSPS) is 14.5. The van der Waals surface area contributed by atoms with E-state index in [1.54, 1.807) is 18.2 Å². The molecule has 0 unspecified atom stereocenters. The summed E-state index contributed by atoms with van der Waals surface area (Å²) in [5.74, 6) is -1.61. The minimum atomic E-state index is -0.692. The van der Waals surface area contributed by atoms with Gasteiger partial charge in [0, 0.05) is 11.8 Å². The molecule has 3 aromatic rings. The topological polar surface area (TPSA) is 161 Å². The van der Waals surface area contributed by atoms with Crippen LogP contribution in [0.25, 0.3) is 11.8 Å². The van der Waals surface area contributed by atoms with Crippen molar-refractivity contribution in [2.24, 2.45) is 0 Å². The lowest BCUT2D eigenvalue weighted by molar-refractivity contribution is -0.402. The second-order valence-electron chi connectivity index (χ2n) is 6.60. The molecule has 34 heavy (non-hydrogen) atoms. The van der Waals surface area contributed by atoms with Gasteiger partial charge in [-0.25, -0.2) is 4.68 Å². The van der Waals surface area contributed by atoms with Crippen LogP contribution in [0, 0.1) is 17.0 Å². The number of thiocarbonyl (C=S) groups is 2. The zero-order chi connectivity index (χ0) is 24.4. The number of amides is 2. The number of benzene rings is 1. The minimum absolute atomic E-state index is 0.0918. The minimum Gasteiger partial charge on any atom is -0.401 e. The highest BCUT2D eigenvalue weighted by atomic mass is 32.2. The smallest absolute Gasteiger partial charge is 0.401 e. The SMILES string of the molecule is Cc1cc(NC(=O)C(=S)NN2C(=O)/C(=C\c3ccc([N+](=O)[O-])o3)SC2=S)ccc1-n1cnnn1. The van der Waals surface area contributed by atoms with Crippen LogP contribution in [-0.2, 0) is 9.59 Å². The van der Waals surface area contributed by atoms with Gasteiger partial charge in [0.2, 0.25) is 0 Å². The Morgan fingerprint density at radius 2 is 2.12 bits per heavy atom. The second kappa shape index (κ2) is 9.46. The number of aryl methyl sites for hydroxylation is 1. The van der Waals surface area contributed by atoms with Crippen LogP contribution in [0.5, 0.6) is 0 Å². The van der Waals surface area contributed by atoms with Crippen molar-refractivity contribution in [3.8, 4) is 5.69 Å². The highest BCUT2D eigenvalue weighted by Crippen LogP contribution is 2.32. The molecule has 4 rings (SSSR count). The number of hydrogen-bond acceptors (Lipinski definition) is 11. The van der Waals surface area contributed by atoms with E-state index in [4.69, 9.17) is 28.9 Å². The molecule has 1 aromatic carbocycles. The lowest BCUT2D eigenvalue weighted by atomic mass is 10.2. The van der Waals surface area contributed by atoms with Crippen LogP contribution < -0.4 is 10.7 Å². The summed E-state index contributed by atoms with van der Waals surface area (Å²) in [6.45, 7) is 1.82. The van der Waals surface area contributed by atoms with Crippen molar-refractivity contribution in [2.45, 2.75) is 6.92 Å². The molecule has 0 aliphatic carbocycles. The lowest BCUT2D eigenvalue weighted by Gasteiger charge is -2.17. The van der Waals surface area contributed by atoms with Crippen LogP contribution in [0.15, 0.2) is 46.0 Å². The summed E-state index contributed by atoms with van der Waals surface area (Å²) in [6.07, 6.45) is 2.76.